The van der Waals surface area contributed by atoms with Gasteiger partial charge >= 0.3 is 0 Å². The summed E-state index contributed by atoms with van der Waals surface area (Å²) < 4.78 is 17.6. The van der Waals surface area contributed by atoms with E-state index >= 15 is 0 Å². The van der Waals surface area contributed by atoms with Gasteiger partial charge in [-0.15, -0.1) is 0 Å². The third-order valence-electron chi connectivity index (χ3n) is 1.62. The van der Waals surface area contributed by atoms with Crippen LogP contribution in [0.3, 0.4) is 0 Å². The van der Waals surface area contributed by atoms with Crippen LogP contribution in [-0.2, 0) is 4.74 Å². The van der Waals surface area contributed by atoms with Crippen molar-refractivity contribution in [2.45, 2.75) is 13.0 Å². The molecule has 68 valence electrons. The Morgan fingerprint density at radius 3 is 2.54 bits per heavy atom. The standard InChI is InChI=1S/C10H10FNO/c1-2-13-10(7-12)8-3-5-9(11)6-4-8/h3-6,10H,2H2,1H3. The molecule has 2 nitrogen and oxygen atoms in total. The van der Waals surface area contributed by atoms with Crippen LogP contribution >= 0.6 is 0 Å². The van der Waals surface area contributed by atoms with E-state index in [1.54, 1.807) is 12.1 Å². The highest BCUT2D eigenvalue weighted by Crippen LogP contribution is 2.16. The molecule has 0 fully saturated rings. The van der Waals surface area contributed by atoms with Crippen molar-refractivity contribution in [1.82, 2.24) is 0 Å². The summed E-state index contributed by atoms with van der Waals surface area (Å²) in [6.45, 7) is 2.28. The summed E-state index contributed by atoms with van der Waals surface area (Å²) in [6.07, 6.45) is -0.592. The van der Waals surface area contributed by atoms with Crippen LogP contribution in [0.5, 0.6) is 0 Å². The monoisotopic (exact) mass is 179 g/mol. The number of hydrogen-bond donors (Lipinski definition) is 0. The lowest BCUT2D eigenvalue weighted by Crippen LogP contribution is -2.01. The SMILES string of the molecule is CCOC(C#N)c1ccc(F)cc1. The van der Waals surface area contributed by atoms with Crippen molar-refractivity contribution < 1.29 is 9.13 Å². The van der Waals surface area contributed by atoms with E-state index in [0.717, 1.165) is 0 Å². The molecular weight excluding hydrogens is 169 g/mol. The van der Waals surface area contributed by atoms with Gasteiger partial charge in [-0.05, 0) is 24.6 Å². The van der Waals surface area contributed by atoms with Crippen molar-refractivity contribution in [1.29, 1.82) is 5.26 Å². The molecule has 3 heteroatoms. The van der Waals surface area contributed by atoms with Crippen LogP contribution in [0.15, 0.2) is 24.3 Å². The molecule has 1 rings (SSSR count). The Kier molecular flexibility index (Phi) is 3.41. The van der Waals surface area contributed by atoms with Gasteiger partial charge in [-0.25, -0.2) is 4.39 Å². The topological polar surface area (TPSA) is 33.0 Å². The second kappa shape index (κ2) is 4.58. The molecule has 0 bridgehead atoms. The average molecular weight is 179 g/mol. The van der Waals surface area contributed by atoms with Gasteiger partial charge in [0.1, 0.15) is 5.82 Å². The number of rotatable bonds is 3. The minimum absolute atomic E-state index is 0.308. The average Bonchev–Trinajstić information content (AvgIpc) is 2.16. The van der Waals surface area contributed by atoms with Gasteiger partial charge in [0.2, 0.25) is 0 Å². The second-order valence-electron chi connectivity index (χ2n) is 2.52. The molecule has 1 aromatic carbocycles. The Labute approximate surface area is 76.6 Å². The number of nitrogens with zero attached hydrogens (tertiary/aromatic N) is 1. The van der Waals surface area contributed by atoms with E-state index in [1.165, 1.54) is 12.1 Å². The Bertz CT molecular complexity index is 302. The Morgan fingerprint density at radius 1 is 1.46 bits per heavy atom. The smallest absolute Gasteiger partial charge is 0.169 e. The van der Waals surface area contributed by atoms with Gasteiger partial charge in [0.15, 0.2) is 6.10 Å². The molecule has 0 aliphatic carbocycles. The van der Waals surface area contributed by atoms with Crippen LogP contribution < -0.4 is 0 Å². The summed E-state index contributed by atoms with van der Waals surface area (Å²) in [5, 5.41) is 8.71. The van der Waals surface area contributed by atoms with Crippen LogP contribution in [0.2, 0.25) is 0 Å². The van der Waals surface area contributed by atoms with Crippen molar-refractivity contribution in [2.75, 3.05) is 6.61 Å². The number of benzene rings is 1. The second-order valence-corrected chi connectivity index (χ2v) is 2.52. The molecule has 0 aromatic heterocycles. The van der Waals surface area contributed by atoms with Crippen LogP contribution in [0.1, 0.15) is 18.6 Å². The van der Waals surface area contributed by atoms with Crippen molar-refractivity contribution >= 4 is 0 Å². The number of nitriles is 1. The third-order valence-corrected chi connectivity index (χ3v) is 1.62. The van der Waals surface area contributed by atoms with E-state index < -0.39 is 6.10 Å². The van der Waals surface area contributed by atoms with Crippen LogP contribution in [0.4, 0.5) is 4.39 Å². The van der Waals surface area contributed by atoms with E-state index in [0.29, 0.717) is 12.2 Å². The van der Waals surface area contributed by atoms with Gasteiger partial charge < -0.3 is 4.74 Å². The zero-order chi connectivity index (χ0) is 9.68. The maximum absolute atomic E-state index is 12.5. The Morgan fingerprint density at radius 2 is 2.08 bits per heavy atom. The van der Waals surface area contributed by atoms with Crippen molar-refractivity contribution in [3.8, 4) is 6.07 Å². The zero-order valence-electron chi connectivity index (χ0n) is 7.33. The van der Waals surface area contributed by atoms with Gasteiger partial charge in [-0.3, -0.25) is 0 Å². The molecular formula is C10H10FNO. The van der Waals surface area contributed by atoms with Crippen molar-refractivity contribution in [3.05, 3.63) is 35.6 Å². The quantitative estimate of drug-likeness (QED) is 0.713. The molecule has 13 heavy (non-hydrogen) atoms. The maximum Gasteiger partial charge on any atom is 0.169 e. The maximum atomic E-state index is 12.5. The normalized spacial score (nSPS) is 12.1. The molecule has 0 N–H and O–H groups in total. The first-order valence-corrected chi connectivity index (χ1v) is 4.04. The highest BCUT2D eigenvalue weighted by molar-refractivity contribution is 5.22. The van der Waals surface area contributed by atoms with Gasteiger partial charge in [-0.2, -0.15) is 5.26 Å². The van der Waals surface area contributed by atoms with Crippen LogP contribution in [-0.4, -0.2) is 6.61 Å². The molecule has 0 heterocycles. The van der Waals surface area contributed by atoms with E-state index in [2.05, 4.69) is 0 Å². The fraction of sp³-hybridized carbons (Fsp3) is 0.300. The van der Waals surface area contributed by atoms with Gasteiger partial charge in [0, 0.05) is 6.61 Å². The minimum Gasteiger partial charge on any atom is -0.359 e. The summed E-state index contributed by atoms with van der Waals surface area (Å²) in [6, 6.07) is 7.74. The molecule has 1 atom stereocenters. The predicted octanol–water partition coefficient (Wildman–Crippen LogP) is 2.43. The molecule has 0 aliphatic rings. The first kappa shape index (κ1) is 9.69. The fourth-order valence-corrected chi connectivity index (χ4v) is 1.01. The Hall–Kier alpha value is -1.40. The van der Waals surface area contributed by atoms with Gasteiger partial charge in [-0.1, -0.05) is 12.1 Å². The first-order chi connectivity index (χ1) is 6.27. The first-order valence-electron chi connectivity index (χ1n) is 4.04. The summed E-state index contributed by atoms with van der Waals surface area (Å²) in [7, 11) is 0. The lowest BCUT2D eigenvalue weighted by molar-refractivity contribution is 0.102. The van der Waals surface area contributed by atoms with Crippen molar-refractivity contribution in [2.24, 2.45) is 0 Å². The molecule has 0 saturated carbocycles. The molecule has 0 aliphatic heterocycles. The summed E-state index contributed by atoms with van der Waals surface area (Å²) in [5.41, 5.74) is 0.686. The largest absolute Gasteiger partial charge is 0.359 e. The third kappa shape index (κ3) is 2.53. The van der Waals surface area contributed by atoms with E-state index in [-0.39, 0.29) is 5.82 Å². The zero-order valence-corrected chi connectivity index (χ0v) is 7.33. The fourth-order valence-electron chi connectivity index (χ4n) is 1.01. The molecule has 0 spiro atoms. The lowest BCUT2D eigenvalue weighted by atomic mass is 10.1. The number of hydrogen-bond acceptors (Lipinski definition) is 2. The van der Waals surface area contributed by atoms with Gasteiger partial charge in [0.05, 0.1) is 6.07 Å². The molecule has 0 radical (unpaired) electrons. The molecule has 0 amide bonds. The number of halogens is 1. The Balaban J connectivity index is 2.81. The molecule has 1 aromatic rings. The predicted molar refractivity (Wildman–Crippen MR) is 46.4 cm³/mol. The lowest BCUT2D eigenvalue weighted by Gasteiger charge is -2.08. The highest BCUT2D eigenvalue weighted by atomic mass is 19.1. The summed E-state index contributed by atoms with van der Waals surface area (Å²) >= 11 is 0. The minimum atomic E-state index is -0.592. The van der Waals surface area contributed by atoms with Crippen LogP contribution in [0.25, 0.3) is 0 Å². The molecule has 0 saturated heterocycles. The van der Waals surface area contributed by atoms with Gasteiger partial charge in [0.25, 0.3) is 0 Å². The van der Waals surface area contributed by atoms with E-state index in [1.807, 2.05) is 13.0 Å². The number of ether oxygens (including phenoxy) is 1. The van der Waals surface area contributed by atoms with E-state index in [9.17, 15) is 4.39 Å². The van der Waals surface area contributed by atoms with Crippen molar-refractivity contribution in [3.63, 3.8) is 0 Å². The van der Waals surface area contributed by atoms with E-state index in [4.69, 9.17) is 10.00 Å². The summed E-state index contributed by atoms with van der Waals surface area (Å²) in [5.74, 6) is -0.308. The van der Waals surface area contributed by atoms with Crippen LogP contribution in [0, 0.1) is 17.1 Å². The highest BCUT2D eigenvalue weighted by Gasteiger charge is 2.08. The molecule has 1 unspecified atom stereocenters. The summed E-state index contributed by atoms with van der Waals surface area (Å²) in [4.78, 5) is 0.